The van der Waals surface area contributed by atoms with Crippen molar-refractivity contribution in [3.8, 4) is 0 Å². The number of esters is 2. The first-order valence-corrected chi connectivity index (χ1v) is 38.0. The van der Waals surface area contributed by atoms with E-state index in [0.717, 1.165) is 51.4 Å². The molecule has 24 heteroatoms. The molecule has 0 aromatic heterocycles. The van der Waals surface area contributed by atoms with E-state index in [2.05, 4.69) is 10.6 Å². The molecule has 0 radical (unpaired) electrons. The van der Waals surface area contributed by atoms with Crippen molar-refractivity contribution in [2.24, 2.45) is 59.2 Å². The maximum atomic E-state index is 13.4. The molecule has 2 saturated heterocycles. The van der Waals surface area contributed by atoms with Gasteiger partial charge in [-0.3, -0.25) is 38.4 Å². The summed E-state index contributed by atoms with van der Waals surface area (Å²) in [5.74, 6) is -4.21. The lowest BCUT2D eigenvalue weighted by Gasteiger charge is -2.29. The highest BCUT2D eigenvalue weighted by Gasteiger charge is 2.64. The lowest BCUT2D eigenvalue weighted by molar-refractivity contribution is -0.152. The quantitative estimate of drug-likeness (QED) is 0.0192. The van der Waals surface area contributed by atoms with Gasteiger partial charge in [0.25, 0.3) is 0 Å². The predicted octanol–water partition coefficient (Wildman–Crippen LogP) is 8.13. The van der Waals surface area contributed by atoms with Crippen LogP contribution in [0, 0.1) is 59.2 Å². The Balaban J connectivity index is 0.493. The molecule has 8 unspecified atom stereocenters. The van der Waals surface area contributed by atoms with Gasteiger partial charge in [-0.25, -0.2) is 16.8 Å². The van der Waals surface area contributed by atoms with Gasteiger partial charge in [0, 0.05) is 37.4 Å². The summed E-state index contributed by atoms with van der Waals surface area (Å²) < 4.78 is 76.7. The molecule has 8 rings (SSSR count). The first-order valence-electron chi connectivity index (χ1n) is 32.5. The second-order valence-corrected chi connectivity index (χ2v) is 31.8. The van der Waals surface area contributed by atoms with Crippen molar-refractivity contribution >= 4 is 89.0 Å². The van der Waals surface area contributed by atoms with Gasteiger partial charge in [0.1, 0.15) is 13.2 Å². The molecule has 6 fully saturated rings. The summed E-state index contributed by atoms with van der Waals surface area (Å²) in [7, 11) is -4.31. The van der Waals surface area contributed by atoms with Gasteiger partial charge in [-0.1, -0.05) is 123 Å². The molecular weight excluding hydrogens is 1180 g/mol. The number of hydrogen-bond donors (Lipinski definition) is 2. The Morgan fingerprint density at radius 2 is 0.721 bits per heavy atom. The van der Waals surface area contributed by atoms with Crippen molar-refractivity contribution in [1.82, 2.24) is 19.2 Å². The van der Waals surface area contributed by atoms with Crippen LogP contribution in [0.25, 0.3) is 0 Å². The average Bonchev–Trinajstić information content (AvgIpc) is 1.66. The van der Waals surface area contributed by atoms with Crippen LogP contribution in [-0.4, -0.2) is 148 Å². The summed E-state index contributed by atoms with van der Waals surface area (Å²) in [6, 6.07) is 0. The SMILES string of the molecule is O=C(CCCCCCCCCCSSCCCCCCCCCCC(=O)NCCOCCOC(=O)C1CCC(S(=O)(=O)N2C(=O)C3C4C=CC(C4)C3C2=O)CC1)NCCOCCOC(=O)C1CCC(S(=O)(=O)N2C(=O)C3C4C=CC(C4)C3C2=O)CC1. The van der Waals surface area contributed by atoms with Crippen molar-refractivity contribution in [3.63, 3.8) is 0 Å². The van der Waals surface area contributed by atoms with Crippen LogP contribution in [0.5, 0.6) is 0 Å². The van der Waals surface area contributed by atoms with E-state index in [-0.39, 0.29) is 87.6 Å². The molecule has 4 bridgehead atoms. The molecule has 6 amide bonds. The molecule has 0 aromatic rings. The summed E-state index contributed by atoms with van der Waals surface area (Å²) in [5.41, 5.74) is 0. The largest absolute Gasteiger partial charge is 0.463 e. The maximum absolute atomic E-state index is 13.4. The third-order valence-corrected chi connectivity index (χ3v) is 26.1. The van der Waals surface area contributed by atoms with E-state index >= 15 is 0 Å². The zero-order valence-corrected chi connectivity index (χ0v) is 53.4. The van der Waals surface area contributed by atoms with Gasteiger partial charge in [0.05, 0.1) is 72.4 Å². The van der Waals surface area contributed by atoms with E-state index < -0.39 is 102 Å². The highest BCUT2D eigenvalue weighted by Crippen LogP contribution is 2.55. The van der Waals surface area contributed by atoms with Crippen LogP contribution in [0.1, 0.15) is 180 Å². The smallest absolute Gasteiger partial charge is 0.309 e. The lowest BCUT2D eigenvalue weighted by Crippen LogP contribution is -2.45. The van der Waals surface area contributed by atoms with E-state index in [0.29, 0.717) is 73.4 Å². The number of unbranched alkanes of at least 4 members (excludes halogenated alkanes) is 14. The van der Waals surface area contributed by atoms with Gasteiger partial charge in [-0.2, -0.15) is 8.61 Å². The number of sulfonamides is 2. The minimum Gasteiger partial charge on any atom is -0.463 e. The fraction of sp³-hybridized carbons (Fsp3) is 0.806. The van der Waals surface area contributed by atoms with Crippen molar-refractivity contribution in [2.45, 2.75) is 190 Å². The van der Waals surface area contributed by atoms with Crippen LogP contribution in [0.4, 0.5) is 0 Å². The van der Waals surface area contributed by atoms with Gasteiger partial charge in [0.15, 0.2) is 0 Å². The fourth-order valence-corrected chi connectivity index (χ4v) is 20.5. The second kappa shape index (κ2) is 33.8. The highest BCUT2D eigenvalue weighted by molar-refractivity contribution is 8.76. The van der Waals surface area contributed by atoms with Gasteiger partial charge in [0.2, 0.25) is 55.5 Å². The topological polar surface area (TPSA) is 272 Å². The Labute approximate surface area is 517 Å². The minimum absolute atomic E-state index is 0.00391. The Bertz CT molecular complexity index is 2390. The molecule has 6 aliphatic carbocycles. The minimum atomic E-state index is -4.15. The van der Waals surface area contributed by atoms with Gasteiger partial charge >= 0.3 is 11.9 Å². The summed E-state index contributed by atoms with van der Waals surface area (Å²) in [5, 5.41) is 4.00. The number of rotatable bonds is 41. The van der Waals surface area contributed by atoms with Crippen molar-refractivity contribution < 1.29 is 74.1 Å². The van der Waals surface area contributed by atoms with Gasteiger partial charge in [-0.15, -0.1) is 0 Å². The van der Waals surface area contributed by atoms with Crippen LogP contribution in [0.2, 0.25) is 0 Å². The van der Waals surface area contributed by atoms with Crippen molar-refractivity contribution in [1.29, 1.82) is 0 Å². The number of nitrogens with zero attached hydrogens (tertiary/aromatic N) is 2. The molecule has 0 spiro atoms. The summed E-state index contributed by atoms with van der Waals surface area (Å²) in [6.07, 6.45) is 30.6. The summed E-state index contributed by atoms with van der Waals surface area (Å²) in [6.45, 7) is 1.83. The Hall–Kier alpha value is -3.84. The third-order valence-electron chi connectivity index (χ3n) is 19.2. The molecule has 86 heavy (non-hydrogen) atoms. The molecule has 4 saturated carbocycles. The van der Waals surface area contributed by atoms with E-state index in [1.165, 1.54) is 75.7 Å². The molecule has 482 valence electrons. The highest BCUT2D eigenvalue weighted by atomic mass is 33.1. The number of ether oxygens (including phenoxy) is 4. The molecule has 0 aromatic carbocycles. The molecule has 2 heterocycles. The summed E-state index contributed by atoms with van der Waals surface area (Å²) >= 11 is 0. The van der Waals surface area contributed by atoms with Gasteiger partial charge in [-0.05, 0) is 114 Å². The number of amides is 6. The number of imide groups is 2. The lowest BCUT2D eigenvalue weighted by atomic mass is 9.85. The number of nitrogens with one attached hydrogen (secondary N) is 2. The Morgan fingerprint density at radius 3 is 1.05 bits per heavy atom. The van der Waals surface area contributed by atoms with Crippen LogP contribution >= 0.6 is 21.6 Å². The monoisotopic (exact) mass is 1280 g/mol. The van der Waals surface area contributed by atoms with E-state index in [9.17, 15) is 55.2 Å². The maximum Gasteiger partial charge on any atom is 0.309 e. The molecule has 20 nitrogen and oxygen atoms in total. The predicted molar refractivity (Wildman–Crippen MR) is 326 cm³/mol. The number of hydrogen-bond acceptors (Lipinski definition) is 18. The standard InChI is InChI=1S/C62H94N4O16S4/c67-51(63-31-33-79-35-37-81-61(73)43-23-27-49(28-24-43)85(75,76)65-57(69)53-45-19-20-46(41-45)54(53)58(65)70)17-13-9-5-1-3-7-11-15-39-83-84-40-16-12-8-4-2-6-10-14-18-52(68)64-32-34-80-36-38-82-62(74)44-25-29-50(30-26-44)86(77,78)66-59(71)55-47-21-22-48(42-47)56(55)60(66)72/h19-22,43-50,53-56H,1-18,23-42H2,(H,63,67)(H,64,68). The first-order chi connectivity index (χ1) is 41.6. The zero-order valence-electron chi connectivity index (χ0n) is 50.2. The zero-order chi connectivity index (χ0) is 61.1. The third kappa shape index (κ3) is 18.0. The molecular formula is C62H94N4O16S4. The van der Waals surface area contributed by atoms with E-state index in [1.807, 2.05) is 45.9 Å². The summed E-state index contributed by atoms with van der Waals surface area (Å²) in [4.78, 5) is 102. The molecule has 8 aliphatic rings. The Morgan fingerprint density at radius 1 is 0.419 bits per heavy atom. The van der Waals surface area contributed by atoms with Crippen molar-refractivity contribution in [2.75, 3.05) is 64.2 Å². The van der Waals surface area contributed by atoms with Gasteiger partial charge < -0.3 is 29.6 Å². The number of fused-ring (bicyclic) bond motifs is 10. The second-order valence-electron chi connectivity index (χ2n) is 25.0. The Kier molecular flexibility index (Phi) is 26.8. The fourth-order valence-electron chi connectivity index (χ4n) is 14.4. The molecule has 2 N–H and O–H groups in total. The van der Waals surface area contributed by atoms with E-state index in [1.54, 1.807) is 0 Å². The number of carbonyl (C=O) groups excluding carboxylic acids is 8. The normalized spacial score (nSPS) is 28.2. The van der Waals surface area contributed by atoms with Crippen LogP contribution in [0.3, 0.4) is 0 Å². The van der Waals surface area contributed by atoms with Crippen molar-refractivity contribution in [3.05, 3.63) is 24.3 Å². The molecule has 8 atom stereocenters. The first kappa shape index (κ1) is 68.1. The number of allylic oxidation sites excluding steroid dienone is 4. The van der Waals surface area contributed by atoms with Crippen LogP contribution < -0.4 is 10.6 Å². The average molecular weight is 1280 g/mol. The van der Waals surface area contributed by atoms with E-state index in [4.69, 9.17) is 18.9 Å². The number of carbonyl (C=O) groups is 8. The van der Waals surface area contributed by atoms with Crippen LogP contribution in [0.15, 0.2) is 24.3 Å². The molecule has 2 aliphatic heterocycles. The van der Waals surface area contributed by atoms with Crippen LogP contribution in [-0.2, 0) is 77.4 Å².